The van der Waals surface area contributed by atoms with Crippen molar-refractivity contribution in [1.29, 1.82) is 0 Å². The van der Waals surface area contributed by atoms with Crippen LogP contribution in [0.2, 0.25) is 0 Å². The molecule has 0 aliphatic rings. The molecule has 0 fully saturated rings. The minimum absolute atomic E-state index is 0. The lowest BCUT2D eigenvalue weighted by Crippen LogP contribution is -2.37. The number of halogens is 1. The first-order chi connectivity index (χ1) is 14.3. The summed E-state index contributed by atoms with van der Waals surface area (Å²) < 4.78 is 4.52. The summed E-state index contributed by atoms with van der Waals surface area (Å²) in [5.41, 5.74) is 6.88. The number of rotatable bonds is 9. The molecule has 8 nitrogen and oxygen atoms in total. The van der Waals surface area contributed by atoms with Gasteiger partial charge in [0.05, 0.1) is 25.3 Å². The second-order valence-electron chi connectivity index (χ2n) is 6.36. The van der Waals surface area contributed by atoms with Crippen molar-refractivity contribution >= 4 is 60.0 Å². The van der Waals surface area contributed by atoms with Crippen molar-refractivity contribution in [2.45, 2.75) is 18.9 Å². The zero-order valence-corrected chi connectivity index (χ0v) is 18.5. The third kappa shape index (κ3) is 7.71. The van der Waals surface area contributed by atoms with Crippen LogP contribution in [0, 0.1) is 0 Å². The number of amides is 2. The van der Waals surface area contributed by atoms with Gasteiger partial charge in [-0.3, -0.25) is 19.2 Å². The zero-order valence-electron chi connectivity index (χ0n) is 16.8. The first-order valence-electron chi connectivity index (χ1n) is 9.13. The van der Waals surface area contributed by atoms with Crippen LogP contribution < -0.4 is 16.4 Å². The first kappa shape index (κ1) is 26.2. The van der Waals surface area contributed by atoms with Gasteiger partial charge in [0, 0.05) is 29.0 Å². The van der Waals surface area contributed by atoms with Crippen LogP contribution in [0.5, 0.6) is 0 Å². The van der Waals surface area contributed by atoms with Gasteiger partial charge < -0.3 is 21.1 Å². The summed E-state index contributed by atoms with van der Waals surface area (Å²) in [6.45, 7) is 0. The Labute approximate surface area is 191 Å². The van der Waals surface area contributed by atoms with Crippen LogP contribution in [0.1, 0.15) is 28.8 Å². The van der Waals surface area contributed by atoms with Gasteiger partial charge in [0.2, 0.25) is 11.8 Å². The molecular formula is C21H24ClN3O5S. The van der Waals surface area contributed by atoms with Gasteiger partial charge in [0.15, 0.2) is 5.78 Å². The molecule has 166 valence electrons. The molecule has 0 spiro atoms. The number of carbonyl (C=O) groups excluding carboxylic acids is 4. The van der Waals surface area contributed by atoms with E-state index in [1.807, 2.05) is 0 Å². The number of nitrogens with two attached hydrogens (primary N) is 1. The highest BCUT2D eigenvalue weighted by Crippen LogP contribution is 2.24. The van der Waals surface area contributed by atoms with E-state index >= 15 is 0 Å². The Hall–Kier alpha value is -2.88. The molecule has 4 N–H and O–H groups in total. The Morgan fingerprint density at radius 1 is 1.03 bits per heavy atom. The number of hydrogen-bond acceptors (Lipinski definition) is 7. The number of ketones is 1. The summed E-state index contributed by atoms with van der Waals surface area (Å²) >= 11 is 4.00. The van der Waals surface area contributed by atoms with Crippen molar-refractivity contribution in [3.8, 4) is 0 Å². The quantitative estimate of drug-likeness (QED) is 0.256. The number of nitrogens with one attached hydrogen (secondary N) is 2. The second kappa shape index (κ2) is 12.7. The summed E-state index contributed by atoms with van der Waals surface area (Å²) in [4.78, 5) is 48.5. The van der Waals surface area contributed by atoms with E-state index in [1.54, 1.807) is 36.4 Å². The van der Waals surface area contributed by atoms with E-state index in [4.69, 9.17) is 5.73 Å². The van der Waals surface area contributed by atoms with Gasteiger partial charge in [-0.15, -0.1) is 12.4 Å². The van der Waals surface area contributed by atoms with Gasteiger partial charge >= 0.3 is 5.97 Å². The van der Waals surface area contributed by atoms with Crippen LogP contribution in [0.3, 0.4) is 0 Å². The molecule has 2 aromatic carbocycles. The molecular weight excluding hydrogens is 442 g/mol. The number of methoxy groups -OCH3 is 1. The van der Waals surface area contributed by atoms with Gasteiger partial charge in [-0.1, -0.05) is 30.3 Å². The maximum atomic E-state index is 13.0. The van der Waals surface area contributed by atoms with Gasteiger partial charge in [-0.2, -0.15) is 12.6 Å². The SMILES string of the molecule is COC(=O)CCC(=O)Nc1ccc(NC(=O)[C@@H](N)CS)cc1C(=O)c1ccccc1.Cl. The number of ether oxygens (including phenoxy) is 1. The number of benzene rings is 2. The van der Waals surface area contributed by atoms with E-state index in [-0.39, 0.29) is 48.0 Å². The van der Waals surface area contributed by atoms with Crippen LogP contribution in [-0.4, -0.2) is 42.5 Å². The normalized spacial score (nSPS) is 10.9. The van der Waals surface area contributed by atoms with E-state index in [0.717, 1.165) is 0 Å². The molecule has 0 aliphatic heterocycles. The molecule has 2 aromatic rings. The lowest BCUT2D eigenvalue weighted by atomic mass is 10.0. The highest BCUT2D eigenvalue weighted by atomic mass is 35.5. The molecule has 0 bridgehead atoms. The molecule has 0 heterocycles. The summed E-state index contributed by atoms with van der Waals surface area (Å²) in [5, 5.41) is 5.27. The van der Waals surface area contributed by atoms with Gasteiger partial charge in [-0.05, 0) is 18.2 Å². The first-order valence-corrected chi connectivity index (χ1v) is 9.76. The van der Waals surface area contributed by atoms with Gasteiger partial charge in [0.1, 0.15) is 0 Å². The molecule has 2 amide bonds. The fourth-order valence-corrected chi connectivity index (χ4v) is 2.68. The second-order valence-corrected chi connectivity index (χ2v) is 6.72. The van der Waals surface area contributed by atoms with Crippen molar-refractivity contribution in [3.63, 3.8) is 0 Å². The summed E-state index contributed by atoms with van der Waals surface area (Å²) in [5.74, 6) is -1.58. The summed E-state index contributed by atoms with van der Waals surface area (Å²) in [6.07, 6.45) is -0.180. The minimum Gasteiger partial charge on any atom is -0.469 e. The Morgan fingerprint density at radius 3 is 2.32 bits per heavy atom. The monoisotopic (exact) mass is 465 g/mol. The molecule has 0 saturated carbocycles. The van der Waals surface area contributed by atoms with E-state index in [9.17, 15) is 19.2 Å². The standard InChI is InChI=1S/C21H23N3O5S.ClH/c1-29-19(26)10-9-18(25)24-17-8-7-14(23-21(28)16(22)12-30)11-15(17)20(27)13-5-3-2-4-6-13;/h2-8,11,16,30H,9-10,12,22H2,1H3,(H,23,28)(H,24,25);1H/t16-;/m0./s1. The smallest absolute Gasteiger partial charge is 0.306 e. The van der Waals surface area contributed by atoms with Gasteiger partial charge in [-0.25, -0.2) is 0 Å². The van der Waals surface area contributed by atoms with Crippen molar-refractivity contribution in [1.82, 2.24) is 0 Å². The van der Waals surface area contributed by atoms with Crippen LogP contribution in [0.4, 0.5) is 11.4 Å². The highest BCUT2D eigenvalue weighted by Gasteiger charge is 2.18. The van der Waals surface area contributed by atoms with Crippen LogP contribution in [-0.2, 0) is 19.1 Å². The largest absolute Gasteiger partial charge is 0.469 e. The van der Waals surface area contributed by atoms with E-state index in [2.05, 4.69) is 28.0 Å². The molecule has 31 heavy (non-hydrogen) atoms. The van der Waals surface area contributed by atoms with Gasteiger partial charge in [0.25, 0.3) is 0 Å². The predicted molar refractivity (Wildman–Crippen MR) is 124 cm³/mol. The molecule has 0 aliphatic carbocycles. The van der Waals surface area contributed by atoms with Crippen molar-refractivity contribution in [2.75, 3.05) is 23.5 Å². The number of anilines is 2. The van der Waals surface area contributed by atoms with E-state index in [1.165, 1.54) is 19.2 Å². The maximum Gasteiger partial charge on any atom is 0.306 e. The van der Waals surface area contributed by atoms with Crippen molar-refractivity contribution < 1.29 is 23.9 Å². The number of carbonyl (C=O) groups is 4. The Kier molecular flexibility index (Phi) is 10.7. The fraction of sp³-hybridized carbons (Fsp3) is 0.238. The topological polar surface area (TPSA) is 128 Å². The Bertz CT molecular complexity index is 940. The summed E-state index contributed by atoms with van der Waals surface area (Å²) in [6, 6.07) is 12.2. The highest BCUT2D eigenvalue weighted by molar-refractivity contribution is 7.80. The van der Waals surface area contributed by atoms with Crippen LogP contribution in [0.25, 0.3) is 0 Å². The fourth-order valence-electron chi connectivity index (χ4n) is 2.51. The molecule has 0 aromatic heterocycles. The average Bonchev–Trinajstić information content (AvgIpc) is 2.77. The molecule has 10 heteroatoms. The van der Waals surface area contributed by atoms with Crippen molar-refractivity contribution in [2.24, 2.45) is 5.73 Å². The third-order valence-corrected chi connectivity index (χ3v) is 4.55. The molecule has 0 saturated heterocycles. The number of thiol groups is 1. The lowest BCUT2D eigenvalue weighted by molar-refractivity contribution is -0.141. The molecule has 1 atom stereocenters. The van der Waals surface area contributed by atoms with E-state index in [0.29, 0.717) is 11.3 Å². The third-order valence-electron chi connectivity index (χ3n) is 4.16. The maximum absolute atomic E-state index is 13.0. The summed E-state index contributed by atoms with van der Waals surface area (Å²) in [7, 11) is 1.24. The predicted octanol–water partition coefficient (Wildman–Crippen LogP) is 2.43. The van der Waals surface area contributed by atoms with Crippen LogP contribution >= 0.6 is 25.0 Å². The lowest BCUT2D eigenvalue weighted by Gasteiger charge is -2.14. The molecule has 0 unspecified atom stereocenters. The minimum atomic E-state index is -0.806. The van der Waals surface area contributed by atoms with Crippen molar-refractivity contribution in [3.05, 3.63) is 59.7 Å². The average molecular weight is 466 g/mol. The Morgan fingerprint density at radius 2 is 1.71 bits per heavy atom. The van der Waals surface area contributed by atoms with Crippen LogP contribution in [0.15, 0.2) is 48.5 Å². The number of hydrogen-bond donors (Lipinski definition) is 4. The zero-order chi connectivity index (χ0) is 22.1. The Balaban J connectivity index is 0.00000480. The van der Waals surface area contributed by atoms with E-state index < -0.39 is 23.8 Å². The molecule has 0 radical (unpaired) electrons. The molecule has 2 rings (SSSR count). The number of esters is 1.